The van der Waals surface area contributed by atoms with Crippen LogP contribution in [0.25, 0.3) is 11.0 Å². The van der Waals surface area contributed by atoms with Crippen LogP contribution in [-0.4, -0.2) is 39.5 Å². The van der Waals surface area contributed by atoms with E-state index in [-0.39, 0.29) is 17.5 Å². The molecule has 0 aliphatic rings. The minimum Gasteiger partial charge on any atom is -0.492 e. The number of carbonyl (C=O) groups excluding carboxylic acids is 1. The molecule has 1 N–H and O–H groups in total. The van der Waals surface area contributed by atoms with Gasteiger partial charge in [-0.2, -0.15) is 0 Å². The molecule has 3 aromatic rings. The summed E-state index contributed by atoms with van der Waals surface area (Å²) in [5.41, 5.74) is 2.29. The summed E-state index contributed by atoms with van der Waals surface area (Å²) < 4.78 is 0. The van der Waals surface area contributed by atoms with Gasteiger partial charge in [-0.3, -0.25) is 4.79 Å². The largest absolute Gasteiger partial charge is 0.492 e. The molecule has 0 radical (unpaired) electrons. The third kappa shape index (κ3) is 3.29. The van der Waals surface area contributed by atoms with E-state index in [9.17, 15) is 9.90 Å². The molecule has 0 aliphatic heterocycles. The van der Waals surface area contributed by atoms with Crippen molar-refractivity contribution in [2.75, 3.05) is 13.6 Å². The molecule has 3 rings (SSSR count). The van der Waals surface area contributed by atoms with Gasteiger partial charge in [0.15, 0.2) is 5.69 Å². The Morgan fingerprint density at radius 3 is 2.30 bits per heavy atom. The predicted molar refractivity (Wildman–Crippen MR) is 88.3 cm³/mol. The van der Waals surface area contributed by atoms with Crippen molar-refractivity contribution in [3.63, 3.8) is 0 Å². The number of likely N-dealkylation sites (N-methyl/N-ethyl adjacent to an activating group) is 1. The highest BCUT2D eigenvalue weighted by Crippen LogP contribution is 2.18. The van der Waals surface area contributed by atoms with E-state index < -0.39 is 0 Å². The molecule has 0 bridgehead atoms. The van der Waals surface area contributed by atoms with Crippen molar-refractivity contribution in [3.05, 3.63) is 65.9 Å². The standard InChI is InChI=1S/C18H17N3O2/c1-21(12-11-13-7-3-2-4-8-13)18(23)16-17(22)20-15-10-6-5-9-14(15)19-16/h2-10H,11-12H2,1H3,(H,20,22). The molecule has 5 heteroatoms. The summed E-state index contributed by atoms with van der Waals surface area (Å²) in [6, 6.07) is 17.1. The van der Waals surface area contributed by atoms with Gasteiger partial charge in [0, 0.05) is 13.6 Å². The smallest absolute Gasteiger partial charge is 0.277 e. The van der Waals surface area contributed by atoms with Crippen LogP contribution >= 0.6 is 0 Å². The summed E-state index contributed by atoms with van der Waals surface area (Å²) in [6.45, 7) is 0.538. The van der Waals surface area contributed by atoms with E-state index in [0.717, 1.165) is 12.0 Å². The number of fused-ring (bicyclic) bond motifs is 1. The minimum absolute atomic E-state index is 0.0146. The summed E-state index contributed by atoms with van der Waals surface area (Å²) in [4.78, 5) is 22.3. The summed E-state index contributed by atoms with van der Waals surface area (Å²) >= 11 is 0. The van der Waals surface area contributed by atoms with Gasteiger partial charge in [0.2, 0.25) is 5.88 Å². The maximum absolute atomic E-state index is 12.5. The van der Waals surface area contributed by atoms with Crippen molar-refractivity contribution >= 4 is 16.9 Å². The Kier molecular flexibility index (Phi) is 4.19. The van der Waals surface area contributed by atoms with Gasteiger partial charge in [0.25, 0.3) is 5.91 Å². The number of nitrogens with zero attached hydrogens (tertiary/aromatic N) is 3. The first-order valence-electron chi connectivity index (χ1n) is 7.40. The second-order valence-electron chi connectivity index (χ2n) is 5.35. The average molecular weight is 307 g/mol. The van der Waals surface area contributed by atoms with Crippen LogP contribution in [-0.2, 0) is 6.42 Å². The zero-order valence-electron chi connectivity index (χ0n) is 12.8. The van der Waals surface area contributed by atoms with E-state index in [0.29, 0.717) is 17.6 Å². The first-order valence-corrected chi connectivity index (χ1v) is 7.40. The average Bonchev–Trinajstić information content (AvgIpc) is 2.59. The van der Waals surface area contributed by atoms with E-state index in [2.05, 4.69) is 9.97 Å². The normalized spacial score (nSPS) is 10.7. The van der Waals surface area contributed by atoms with E-state index in [1.165, 1.54) is 0 Å². The Labute approximate surface area is 134 Å². The quantitative estimate of drug-likeness (QED) is 0.804. The fourth-order valence-corrected chi connectivity index (χ4v) is 2.36. The summed E-state index contributed by atoms with van der Waals surface area (Å²) in [5, 5.41) is 9.99. The van der Waals surface area contributed by atoms with Gasteiger partial charge in [-0.05, 0) is 24.1 Å². The first kappa shape index (κ1) is 15.0. The predicted octanol–water partition coefficient (Wildman–Crippen LogP) is 2.65. The van der Waals surface area contributed by atoms with E-state index in [1.807, 2.05) is 42.5 Å². The van der Waals surface area contributed by atoms with Crippen LogP contribution in [0.1, 0.15) is 16.1 Å². The van der Waals surface area contributed by atoms with Crippen molar-refractivity contribution in [2.24, 2.45) is 0 Å². The van der Waals surface area contributed by atoms with Crippen LogP contribution in [0.5, 0.6) is 5.88 Å². The fourth-order valence-electron chi connectivity index (χ4n) is 2.36. The molecule has 0 aliphatic carbocycles. The Hall–Kier alpha value is -2.95. The SMILES string of the molecule is CN(CCc1ccccc1)C(=O)c1nc2ccccc2nc1O. The molecular weight excluding hydrogens is 290 g/mol. The number of benzene rings is 2. The summed E-state index contributed by atoms with van der Waals surface area (Å²) in [7, 11) is 1.70. The first-order chi connectivity index (χ1) is 11.1. The summed E-state index contributed by atoms with van der Waals surface area (Å²) in [6.07, 6.45) is 0.741. The number of hydrogen-bond acceptors (Lipinski definition) is 4. The molecule has 0 atom stereocenters. The van der Waals surface area contributed by atoms with Crippen molar-refractivity contribution in [1.82, 2.24) is 14.9 Å². The van der Waals surface area contributed by atoms with Crippen molar-refractivity contribution < 1.29 is 9.90 Å². The number of hydrogen-bond donors (Lipinski definition) is 1. The lowest BCUT2D eigenvalue weighted by Gasteiger charge is -2.17. The van der Waals surface area contributed by atoms with Crippen LogP contribution in [0, 0.1) is 0 Å². The molecule has 0 unspecified atom stereocenters. The van der Waals surface area contributed by atoms with Gasteiger partial charge >= 0.3 is 0 Å². The topological polar surface area (TPSA) is 66.3 Å². The van der Waals surface area contributed by atoms with Crippen molar-refractivity contribution in [1.29, 1.82) is 0 Å². The highest BCUT2D eigenvalue weighted by Gasteiger charge is 2.19. The third-order valence-electron chi connectivity index (χ3n) is 3.68. The highest BCUT2D eigenvalue weighted by atomic mass is 16.3. The van der Waals surface area contributed by atoms with Crippen LogP contribution in [0.4, 0.5) is 0 Å². The number of para-hydroxylation sites is 2. The minimum atomic E-state index is -0.336. The van der Waals surface area contributed by atoms with Gasteiger partial charge < -0.3 is 10.0 Å². The van der Waals surface area contributed by atoms with E-state index >= 15 is 0 Å². The van der Waals surface area contributed by atoms with Gasteiger partial charge in [0.1, 0.15) is 0 Å². The lowest BCUT2D eigenvalue weighted by atomic mass is 10.1. The number of aromatic hydroxyl groups is 1. The van der Waals surface area contributed by atoms with E-state index in [4.69, 9.17) is 0 Å². The zero-order valence-corrected chi connectivity index (χ0v) is 12.8. The molecule has 5 nitrogen and oxygen atoms in total. The molecule has 23 heavy (non-hydrogen) atoms. The van der Waals surface area contributed by atoms with Crippen LogP contribution < -0.4 is 0 Å². The Bertz CT molecular complexity index is 834. The lowest BCUT2D eigenvalue weighted by molar-refractivity contribution is 0.0787. The van der Waals surface area contributed by atoms with Crippen molar-refractivity contribution in [2.45, 2.75) is 6.42 Å². The van der Waals surface area contributed by atoms with Gasteiger partial charge in [-0.25, -0.2) is 9.97 Å². The second kappa shape index (κ2) is 6.44. The lowest BCUT2D eigenvalue weighted by Crippen LogP contribution is -2.29. The maximum Gasteiger partial charge on any atom is 0.277 e. The van der Waals surface area contributed by atoms with Gasteiger partial charge in [-0.15, -0.1) is 0 Å². The third-order valence-corrected chi connectivity index (χ3v) is 3.68. The second-order valence-corrected chi connectivity index (χ2v) is 5.35. The molecule has 0 saturated heterocycles. The number of aromatic nitrogens is 2. The number of rotatable bonds is 4. The number of carbonyl (C=O) groups is 1. The van der Waals surface area contributed by atoms with Gasteiger partial charge in [0.05, 0.1) is 11.0 Å². The van der Waals surface area contributed by atoms with Gasteiger partial charge in [-0.1, -0.05) is 42.5 Å². The van der Waals surface area contributed by atoms with E-state index in [1.54, 1.807) is 24.1 Å². The molecule has 1 heterocycles. The molecular formula is C18H17N3O2. The van der Waals surface area contributed by atoms with Crippen molar-refractivity contribution in [3.8, 4) is 5.88 Å². The van der Waals surface area contributed by atoms with Crippen LogP contribution in [0.15, 0.2) is 54.6 Å². The molecule has 0 fully saturated rings. The molecule has 1 aromatic heterocycles. The Morgan fingerprint density at radius 2 is 1.61 bits per heavy atom. The number of amides is 1. The fraction of sp³-hybridized carbons (Fsp3) is 0.167. The molecule has 0 saturated carbocycles. The monoisotopic (exact) mass is 307 g/mol. The molecule has 2 aromatic carbocycles. The Morgan fingerprint density at radius 1 is 1.00 bits per heavy atom. The highest BCUT2D eigenvalue weighted by molar-refractivity contribution is 5.96. The zero-order chi connectivity index (χ0) is 16.2. The maximum atomic E-state index is 12.5. The molecule has 1 amide bonds. The summed E-state index contributed by atoms with van der Waals surface area (Å²) in [5.74, 6) is -0.669. The molecule has 116 valence electrons. The van der Waals surface area contributed by atoms with Crippen LogP contribution in [0.2, 0.25) is 0 Å². The molecule has 0 spiro atoms. The van der Waals surface area contributed by atoms with Crippen LogP contribution in [0.3, 0.4) is 0 Å². The Balaban J connectivity index is 1.78.